The van der Waals surface area contributed by atoms with Crippen LogP contribution < -0.4 is 11.1 Å². The lowest BCUT2D eigenvalue weighted by Gasteiger charge is -2.47. The summed E-state index contributed by atoms with van der Waals surface area (Å²) < 4.78 is 0. The average Bonchev–Trinajstić information content (AvgIpc) is 2.61. The lowest BCUT2D eigenvalue weighted by molar-refractivity contribution is 0.0174. The molecule has 5 heteroatoms. The Morgan fingerprint density at radius 2 is 2.00 bits per heavy atom. The fourth-order valence-electron chi connectivity index (χ4n) is 4.18. The van der Waals surface area contributed by atoms with Gasteiger partial charge in [0.25, 0.3) is 0 Å². The molecule has 3 heterocycles. The Bertz CT molecular complexity index is 589. The van der Waals surface area contributed by atoms with Gasteiger partial charge in [-0.1, -0.05) is 12.1 Å². The summed E-state index contributed by atoms with van der Waals surface area (Å²) in [5.41, 5.74) is 10.2. The largest absolute Gasteiger partial charge is 0.370 e. The van der Waals surface area contributed by atoms with Crippen LogP contribution >= 0.6 is 0 Å². The Hall–Kier alpha value is -1.59. The number of hydrogen-bond acceptors (Lipinski definition) is 3. The summed E-state index contributed by atoms with van der Waals surface area (Å²) in [6, 6.07) is 7.03. The molecule has 0 aromatic heterocycles. The van der Waals surface area contributed by atoms with Crippen molar-refractivity contribution in [2.75, 3.05) is 44.6 Å². The van der Waals surface area contributed by atoms with Gasteiger partial charge in [0.2, 0.25) is 0 Å². The van der Waals surface area contributed by atoms with Crippen molar-refractivity contribution in [3.8, 4) is 0 Å². The highest BCUT2D eigenvalue weighted by Gasteiger charge is 2.31. The van der Waals surface area contributed by atoms with Gasteiger partial charge in [-0.05, 0) is 42.9 Å². The second kappa shape index (κ2) is 6.49. The number of benzene rings is 1. The lowest BCUT2D eigenvalue weighted by Crippen LogP contribution is -2.61. The van der Waals surface area contributed by atoms with E-state index in [1.807, 2.05) is 0 Å². The van der Waals surface area contributed by atoms with Crippen molar-refractivity contribution >= 4 is 11.6 Å². The molecule has 3 fully saturated rings. The maximum Gasteiger partial charge on any atom is 0.193 e. The van der Waals surface area contributed by atoms with Crippen LogP contribution in [-0.4, -0.2) is 61.1 Å². The molecule has 5 nitrogen and oxygen atoms in total. The van der Waals surface area contributed by atoms with Crippen LogP contribution in [-0.2, 0) is 12.8 Å². The summed E-state index contributed by atoms with van der Waals surface area (Å²) in [6.45, 7) is 6.72. The molecule has 0 radical (unpaired) electrons. The fraction of sp³-hybridized carbons (Fsp3) is 0.611. The van der Waals surface area contributed by atoms with Crippen LogP contribution in [0.15, 0.2) is 23.2 Å². The van der Waals surface area contributed by atoms with Crippen LogP contribution in [0, 0.1) is 0 Å². The standard InChI is InChI=1S/C18H27N5/c19-18(20-12-15-13-22-8-10-23(15)11-9-22)21-17-7-3-5-14-4-1-2-6-16(14)17/h3,5,7,15H,1-2,4,6,8-13H2,(H3,19,20,21). The number of rotatable bonds is 3. The van der Waals surface area contributed by atoms with Crippen molar-refractivity contribution in [3.63, 3.8) is 0 Å². The normalized spacial score (nSPS) is 30.1. The highest BCUT2D eigenvalue weighted by Crippen LogP contribution is 2.27. The van der Waals surface area contributed by atoms with Gasteiger partial charge in [0.15, 0.2) is 5.96 Å². The summed E-state index contributed by atoms with van der Waals surface area (Å²) in [5.74, 6) is 0.557. The third kappa shape index (κ3) is 3.21. The number of guanidine groups is 1. The van der Waals surface area contributed by atoms with Crippen LogP contribution in [0.25, 0.3) is 0 Å². The van der Waals surface area contributed by atoms with Gasteiger partial charge in [0.1, 0.15) is 0 Å². The third-order valence-electron chi connectivity index (χ3n) is 5.52. The quantitative estimate of drug-likeness (QED) is 0.652. The molecule has 1 unspecified atom stereocenters. The van der Waals surface area contributed by atoms with E-state index in [0.717, 1.165) is 25.2 Å². The van der Waals surface area contributed by atoms with Crippen LogP contribution in [0.1, 0.15) is 24.0 Å². The molecule has 3 aliphatic heterocycles. The first-order valence-electron chi connectivity index (χ1n) is 8.94. The molecule has 4 aliphatic rings. The number of hydrogen-bond donors (Lipinski definition) is 2. The van der Waals surface area contributed by atoms with E-state index in [9.17, 15) is 0 Å². The van der Waals surface area contributed by atoms with Gasteiger partial charge in [-0.15, -0.1) is 0 Å². The number of nitrogens with one attached hydrogen (secondary N) is 1. The van der Waals surface area contributed by atoms with E-state index in [1.165, 1.54) is 56.6 Å². The highest BCUT2D eigenvalue weighted by molar-refractivity contribution is 5.93. The van der Waals surface area contributed by atoms with Crippen molar-refractivity contribution in [3.05, 3.63) is 29.3 Å². The molecule has 1 atom stereocenters. The van der Waals surface area contributed by atoms with Crippen LogP contribution in [0.4, 0.5) is 5.69 Å². The second-order valence-electron chi connectivity index (χ2n) is 6.99. The molecule has 1 aromatic rings. The minimum Gasteiger partial charge on any atom is -0.370 e. The number of nitrogens with zero attached hydrogens (tertiary/aromatic N) is 3. The lowest BCUT2D eigenvalue weighted by atomic mass is 9.90. The molecule has 5 rings (SSSR count). The summed E-state index contributed by atoms with van der Waals surface area (Å²) in [5, 5.41) is 3.35. The van der Waals surface area contributed by atoms with Gasteiger partial charge in [0, 0.05) is 44.5 Å². The maximum absolute atomic E-state index is 6.16. The van der Waals surface area contributed by atoms with E-state index in [1.54, 1.807) is 0 Å². The molecule has 0 saturated carbocycles. The molecular formula is C18H27N5. The number of aryl methyl sites for hydroxylation is 1. The number of fused-ring (bicyclic) bond motifs is 4. The van der Waals surface area contributed by atoms with E-state index in [4.69, 9.17) is 5.73 Å². The van der Waals surface area contributed by atoms with Crippen molar-refractivity contribution in [2.45, 2.75) is 31.7 Å². The number of anilines is 1. The van der Waals surface area contributed by atoms with Crippen molar-refractivity contribution < 1.29 is 0 Å². The summed E-state index contributed by atoms with van der Waals surface area (Å²) >= 11 is 0. The zero-order valence-corrected chi connectivity index (χ0v) is 13.8. The van der Waals surface area contributed by atoms with Crippen molar-refractivity contribution in [2.24, 2.45) is 10.7 Å². The molecule has 2 bridgehead atoms. The zero-order valence-electron chi connectivity index (χ0n) is 13.8. The van der Waals surface area contributed by atoms with Crippen LogP contribution in [0.2, 0.25) is 0 Å². The highest BCUT2D eigenvalue weighted by atomic mass is 15.3. The SMILES string of the molecule is NC(=NCC1CN2CCN1CC2)Nc1cccc2c1CCCC2. The van der Waals surface area contributed by atoms with Gasteiger partial charge in [-0.2, -0.15) is 0 Å². The Morgan fingerprint density at radius 1 is 1.17 bits per heavy atom. The maximum atomic E-state index is 6.16. The van der Waals surface area contributed by atoms with E-state index in [2.05, 4.69) is 38.3 Å². The van der Waals surface area contributed by atoms with E-state index >= 15 is 0 Å². The van der Waals surface area contributed by atoms with Gasteiger partial charge in [0.05, 0.1) is 6.54 Å². The number of aliphatic imine (C=N–C) groups is 1. The molecule has 124 valence electrons. The second-order valence-corrected chi connectivity index (χ2v) is 6.99. The van der Waals surface area contributed by atoms with Crippen LogP contribution in [0.5, 0.6) is 0 Å². The Kier molecular flexibility index (Phi) is 4.23. The molecule has 3 N–H and O–H groups in total. The minimum absolute atomic E-state index is 0.530. The monoisotopic (exact) mass is 313 g/mol. The zero-order chi connectivity index (χ0) is 15.6. The average molecular weight is 313 g/mol. The molecule has 1 aliphatic carbocycles. The van der Waals surface area contributed by atoms with Crippen molar-refractivity contribution in [1.82, 2.24) is 9.80 Å². The molecule has 0 spiro atoms. The van der Waals surface area contributed by atoms with Gasteiger partial charge >= 0.3 is 0 Å². The van der Waals surface area contributed by atoms with Gasteiger partial charge in [-0.25, -0.2) is 0 Å². The Balaban J connectivity index is 1.41. The Morgan fingerprint density at radius 3 is 2.78 bits per heavy atom. The Labute approximate surface area is 138 Å². The number of piperazine rings is 3. The molecule has 1 aromatic carbocycles. The first-order valence-corrected chi connectivity index (χ1v) is 8.94. The van der Waals surface area contributed by atoms with E-state index < -0.39 is 0 Å². The summed E-state index contributed by atoms with van der Waals surface area (Å²) in [6.07, 6.45) is 4.91. The fourth-order valence-corrected chi connectivity index (χ4v) is 4.18. The molecule has 23 heavy (non-hydrogen) atoms. The first-order chi connectivity index (χ1) is 11.3. The summed E-state index contributed by atoms with van der Waals surface area (Å²) in [4.78, 5) is 9.72. The predicted octanol–water partition coefficient (Wildman–Crippen LogP) is 1.29. The van der Waals surface area contributed by atoms with Crippen LogP contribution in [0.3, 0.4) is 0 Å². The smallest absolute Gasteiger partial charge is 0.193 e. The predicted molar refractivity (Wildman–Crippen MR) is 95.0 cm³/mol. The first kappa shape index (κ1) is 15.0. The third-order valence-corrected chi connectivity index (χ3v) is 5.52. The van der Waals surface area contributed by atoms with Crippen molar-refractivity contribution in [1.29, 1.82) is 0 Å². The van der Waals surface area contributed by atoms with Gasteiger partial charge in [-0.3, -0.25) is 14.8 Å². The topological polar surface area (TPSA) is 56.9 Å². The van der Waals surface area contributed by atoms with E-state index in [0.29, 0.717) is 12.0 Å². The van der Waals surface area contributed by atoms with Gasteiger partial charge < -0.3 is 11.1 Å². The molecule has 0 amide bonds. The molecular weight excluding hydrogens is 286 g/mol. The number of nitrogens with two attached hydrogens (primary N) is 1. The molecule has 3 saturated heterocycles. The van der Waals surface area contributed by atoms with E-state index in [-0.39, 0.29) is 0 Å². The summed E-state index contributed by atoms with van der Waals surface area (Å²) in [7, 11) is 0. The minimum atomic E-state index is 0.530.